The number of carbonyl (C=O) groups excluding carboxylic acids is 1. The number of unbranched alkanes of at least 4 members (excludes halogenated alkanes) is 8. The van der Waals surface area contributed by atoms with Crippen molar-refractivity contribution in [3.8, 4) is 0 Å². The molecule has 2 nitrogen and oxygen atoms in total. The lowest BCUT2D eigenvalue weighted by Gasteiger charge is -2.03. The van der Waals surface area contributed by atoms with E-state index in [2.05, 4.69) is 26.0 Å². The molecular formula is C18H34O2. The Morgan fingerprint density at radius 2 is 1.45 bits per heavy atom. The predicted octanol–water partition coefficient (Wildman–Crippen LogP) is 5.81. The number of hydrogen-bond acceptors (Lipinski definition) is 2. The Balaban J connectivity index is 3.17. The first-order valence-corrected chi connectivity index (χ1v) is 8.61. The maximum absolute atomic E-state index is 11.4. The van der Waals surface area contributed by atoms with E-state index in [9.17, 15) is 4.79 Å². The van der Waals surface area contributed by atoms with E-state index in [1.807, 2.05) is 0 Å². The molecule has 118 valence electrons. The van der Waals surface area contributed by atoms with Crippen LogP contribution in [-0.2, 0) is 9.53 Å². The van der Waals surface area contributed by atoms with E-state index in [-0.39, 0.29) is 5.97 Å². The van der Waals surface area contributed by atoms with E-state index < -0.39 is 0 Å². The van der Waals surface area contributed by atoms with Crippen LogP contribution in [0, 0.1) is 0 Å². The van der Waals surface area contributed by atoms with Crippen molar-refractivity contribution in [1.82, 2.24) is 0 Å². The van der Waals surface area contributed by atoms with Gasteiger partial charge in [-0.25, -0.2) is 0 Å². The summed E-state index contributed by atoms with van der Waals surface area (Å²) in [6.07, 6.45) is 18.2. The van der Waals surface area contributed by atoms with Gasteiger partial charge in [-0.3, -0.25) is 4.79 Å². The smallest absolute Gasteiger partial charge is 0.305 e. The summed E-state index contributed by atoms with van der Waals surface area (Å²) in [4.78, 5) is 11.4. The molecule has 0 atom stereocenters. The first-order chi connectivity index (χ1) is 9.81. The first kappa shape index (κ1) is 19.2. The molecular weight excluding hydrogens is 248 g/mol. The summed E-state index contributed by atoms with van der Waals surface area (Å²) >= 11 is 0. The van der Waals surface area contributed by atoms with Gasteiger partial charge in [-0.2, -0.15) is 0 Å². The van der Waals surface area contributed by atoms with Crippen LogP contribution in [0.5, 0.6) is 0 Å². The van der Waals surface area contributed by atoms with Crippen molar-refractivity contribution in [3.05, 3.63) is 12.2 Å². The van der Waals surface area contributed by atoms with Crippen LogP contribution in [0.2, 0.25) is 0 Å². The molecule has 20 heavy (non-hydrogen) atoms. The van der Waals surface area contributed by atoms with Gasteiger partial charge in [-0.05, 0) is 19.3 Å². The Bertz CT molecular complexity index is 234. The Hall–Kier alpha value is -0.790. The molecule has 0 aliphatic heterocycles. The molecule has 0 aliphatic rings. The summed E-state index contributed by atoms with van der Waals surface area (Å²) in [5, 5.41) is 0. The molecule has 0 radical (unpaired) electrons. The number of carbonyl (C=O) groups is 1. The van der Waals surface area contributed by atoms with Crippen molar-refractivity contribution < 1.29 is 9.53 Å². The Morgan fingerprint density at radius 1 is 0.850 bits per heavy atom. The molecule has 0 fully saturated rings. The molecule has 0 heterocycles. The molecule has 0 amide bonds. The van der Waals surface area contributed by atoms with E-state index in [0.717, 1.165) is 19.3 Å². The molecule has 0 aliphatic carbocycles. The number of ether oxygens (including phenoxy) is 1. The van der Waals surface area contributed by atoms with Crippen LogP contribution >= 0.6 is 0 Å². The molecule has 0 N–H and O–H groups in total. The van der Waals surface area contributed by atoms with Crippen LogP contribution in [0.3, 0.4) is 0 Å². The summed E-state index contributed by atoms with van der Waals surface area (Å²) in [5.41, 5.74) is 0. The van der Waals surface area contributed by atoms with Gasteiger partial charge in [0, 0.05) is 6.42 Å². The number of rotatable bonds is 14. The predicted molar refractivity (Wildman–Crippen MR) is 86.9 cm³/mol. The third-order valence-electron chi connectivity index (χ3n) is 3.43. The fraction of sp³-hybridized carbons (Fsp3) is 0.833. The highest BCUT2D eigenvalue weighted by Crippen LogP contribution is 2.10. The Kier molecular flexibility index (Phi) is 15.6. The minimum atomic E-state index is -0.0298. The molecule has 0 rings (SSSR count). The van der Waals surface area contributed by atoms with E-state index in [0.29, 0.717) is 13.0 Å². The Morgan fingerprint density at radius 3 is 2.05 bits per heavy atom. The molecule has 2 heteroatoms. The maximum Gasteiger partial charge on any atom is 0.305 e. The fourth-order valence-corrected chi connectivity index (χ4v) is 2.18. The average molecular weight is 282 g/mol. The van der Waals surface area contributed by atoms with Crippen LogP contribution < -0.4 is 0 Å². The first-order valence-electron chi connectivity index (χ1n) is 8.61. The van der Waals surface area contributed by atoms with Gasteiger partial charge in [-0.15, -0.1) is 0 Å². The van der Waals surface area contributed by atoms with Gasteiger partial charge < -0.3 is 4.74 Å². The zero-order chi connectivity index (χ0) is 14.9. The minimum Gasteiger partial charge on any atom is -0.465 e. The third-order valence-corrected chi connectivity index (χ3v) is 3.43. The van der Waals surface area contributed by atoms with Crippen LogP contribution in [0.4, 0.5) is 0 Å². The molecule has 0 saturated heterocycles. The van der Waals surface area contributed by atoms with Crippen molar-refractivity contribution in [3.63, 3.8) is 0 Å². The van der Waals surface area contributed by atoms with Gasteiger partial charge in [0.05, 0.1) is 6.61 Å². The van der Waals surface area contributed by atoms with Crippen LogP contribution in [0.25, 0.3) is 0 Å². The molecule has 0 unspecified atom stereocenters. The van der Waals surface area contributed by atoms with Crippen molar-refractivity contribution in [2.45, 2.75) is 90.9 Å². The average Bonchev–Trinajstić information content (AvgIpc) is 2.45. The number of hydrogen-bond donors (Lipinski definition) is 0. The van der Waals surface area contributed by atoms with Gasteiger partial charge in [-0.1, -0.05) is 77.4 Å². The summed E-state index contributed by atoms with van der Waals surface area (Å²) in [6.45, 7) is 4.89. The highest BCUT2D eigenvalue weighted by atomic mass is 16.5. The second kappa shape index (κ2) is 16.3. The van der Waals surface area contributed by atoms with E-state index >= 15 is 0 Å². The lowest BCUT2D eigenvalue weighted by molar-refractivity contribution is -0.143. The van der Waals surface area contributed by atoms with Crippen molar-refractivity contribution in [2.24, 2.45) is 0 Å². The maximum atomic E-state index is 11.4. The SMILES string of the molecule is CC/C=C/CCOC(=O)CCCCCCCCCCC. The van der Waals surface area contributed by atoms with Gasteiger partial charge in [0.15, 0.2) is 0 Å². The Labute approximate surface area is 126 Å². The number of esters is 1. The van der Waals surface area contributed by atoms with Crippen molar-refractivity contribution in [2.75, 3.05) is 6.61 Å². The second-order valence-corrected chi connectivity index (χ2v) is 5.47. The largest absolute Gasteiger partial charge is 0.465 e. The van der Waals surface area contributed by atoms with Crippen molar-refractivity contribution in [1.29, 1.82) is 0 Å². The highest BCUT2D eigenvalue weighted by Gasteiger charge is 2.01. The quantitative estimate of drug-likeness (QED) is 0.228. The van der Waals surface area contributed by atoms with Crippen LogP contribution in [0.1, 0.15) is 90.9 Å². The van der Waals surface area contributed by atoms with Gasteiger partial charge >= 0.3 is 5.97 Å². The van der Waals surface area contributed by atoms with Crippen molar-refractivity contribution >= 4 is 5.97 Å². The van der Waals surface area contributed by atoms with Crippen LogP contribution in [-0.4, -0.2) is 12.6 Å². The topological polar surface area (TPSA) is 26.3 Å². The van der Waals surface area contributed by atoms with E-state index in [1.165, 1.54) is 51.4 Å². The fourth-order valence-electron chi connectivity index (χ4n) is 2.18. The lowest BCUT2D eigenvalue weighted by atomic mass is 10.1. The third kappa shape index (κ3) is 15.3. The molecule has 0 aromatic rings. The molecule has 0 spiro atoms. The molecule has 0 bridgehead atoms. The zero-order valence-corrected chi connectivity index (χ0v) is 13.7. The standard InChI is InChI=1S/C18H34O2/c1-3-5-7-9-10-11-12-13-14-16-18(19)20-17-15-8-6-4-2/h6,8H,3-5,7,9-17H2,1-2H3/b8-6+. The summed E-state index contributed by atoms with van der Waals surface area (Å²) < 4.78 is 5.17. The van der Waals surface area contributed by atoms with Gasteiger partial charge in [0.1, 0.15) is 0 Å². The monoisotopic (exact) mass is 282 g/mol. The van der Waals surface area contributed by atoms with E-state index in [1.54, 1.807) is 0 Å². The molecule has 0 aromatic carbocycles. The van der Waals surface area contributed by atoms with Gasteiger partial charge in [0.2, 0.25) is 0 Å². The highest BCUT2D eigenvalue weighted by molar-refractivity contribution is 5.69. The normalized spacial score (nSPS) is 11.1. The summed E-state index contributed by atoms with van der Waals surface area (Å²) in [6, 6.07) is 0. The second-order valence-electron chi connectivity index (χ2n) is 5.47. The summed E-state index contributed by atoms with van der Waals surface area (Å²) in [7, 11) is 0. The molecule has 0 aromatic heterocycles. The molecule has 0 saturated carbocycles. The van der Waals surface area contributed by atoms with Crippen LogP contribution in [0.15, 0.2) is 12.2 Å². The van der Waals surface area contributed by atoms with E-state index in [4.69, 9.17) is 4.74 Å². The lowest BCUT2D eigenvalue weighted by Crippen LogP contribution is -2.04. The summed E-state index contributed by atoms with van der Waals surface area (Å²) in [5.74, 6) is -0.0298. The van der Waals surface area contributed by atoms with Gasteiger partial charge in [0.25, 0.3) is 0 Å². The minimum absolute atomic E-state index is 0.0298. The number of allylic oxidation sites excluding steroid dienone is 1. The zero-order valence-electron chi connectivity index (χ0n) is 13.7.